The van der Waals surface area contributed by atoms with Crippen molar-refractivity contribution < 1.29 is 23.4 Å². The lowest BCUT2D eigenvalue weighted by Gasteiger charge is -2.42. The standard InChI is InChI=1S/C33H40BrClFN5O4/c1-32(2,3)45-31(42)41-22-11-12-23(41)17-40(16-22)29-24-15-25(35)26(34)27(36)28(24)37-30(38-29)44-20-33(13-8-14-39(33)4)19-43-18-21-9-6-5-7-10-21/h5-7,9-10,15,22-23H,8,11-14,16-20H2,1-4H3/t22?,23?,33-/m1/s1. The van der Waals surface area contributed by atoms with Crippen molar-refractivity contribution in [2.75, 3.05) is 44.8 Å². The van der Waals surface area contributed by atoms with Crippen molar-refractivity contribution in [1.29, 1.82) is 0 Å². The Morgan fingerprint density at radius 3 is 2.49 bits per heavy atom. The molecule has 3 saturated heterocycles. The summed E-state index contributed by atoms with van der Waals surface area (Å²) in [5, 5.41) is 0.730. The molecule has 9 nitrogen and oxygen atoms in total. The number of likely N-dealkylation sites (tertiary alicyclic amines) is 1. The Bertz CT molecular complexity index is 1550. The van der Waals surface area contributed by atoms with Gasteiger partial charge in [-0.1, -0.05) is 41.9 Å². The molecule has 242 valence electrons. The summed E-state index contributed by atoms with van der Waals surface area (Å²) in [6, 6.07) is 11.8. The Morgan fingerprint density at radius 2 is 1.84 bits per heavy atom. The fourth-order valence-electron chi connectivity index (χ4n) is 6.74. The average Bonchev–Trinajstić information content (AvgIpc) is 3.49. The number of rotatable bonds is 8. The molecule has 0 radical (unpaired) electrons. The number of benzene rings is 2. The summed E-state index contributed by atoms with van der Waals surface area (Å²) in [6.45, 7) is 8.86. The van der Waals surface area contributed by atoms with Gasteiger partial charge in [0.15, 0.2) is 5.82 Å². The van der Waals surface area contributed by atoms with Crippen LogP contribution in [-0.2, 0) is 16.1 Å². The monoisotopic (exact) mass is 703 g/mol. The van der Waals surface area contributed by atoms with E-state index in [9.17, 15) is 4.79 Å². The van der Waals surface area contributed by atoms with Gasteiger partial charge in [-0.3, -0.25) is 9.80 Å². The second-order valence-electron chi connectivity index (χ2n) is 13.4. The van der Waals surface area contributed by atoms with Gasteiger partial charge in [0.05, 0.1) is 40.3 Å². The van der Waals surface area contributed by atoms with Crippen molar-refractivity contribution in [1.82, 2.24) is 19.8 Å². The quantitative estimate of drug-likeness (QED) is 0.236. The van der Waals surface area contributed by atoms with Crippen LogP contribution in [0.1, 0.15) is 52.0 Å². The average molecular weight is 705 g/mol. The SMILES string of the molecule is CN1CCC[C@@]1(COCc1ccccc1)COc1nc(N2CC3CCC(C2)N3C(=O)OC(C)(C)C)c2cc(Cl)c(Br)c(F)c2n1. The molecule has 0 N–H and O–H groups in total. The van der Waals surface area contributed by atoms with Crippen LogP contribution in [0, 0.1) is 5.82 Å². The van der Waals surface area contributed by atoms with Crippen molar-refractivity contribution in [3.63, 3.8) is 0 Å². The number of fused-ring (bicyclic) bond motifs is 3. The van der Waals surface area contributed by atoms with Crippen LogP contribution in [0.15, 0.2) is 40.9 Å². The fourth-order valence-corrected chi connectivity index (χ4v) is 7.24. The van der Waals surface area contributed by atoms with Gasteiger partial charge in [-0.05, 0) is 87.6 Å². The molecule has 3 aliphatic heterocycles. The molecule has 2 unspecified atom stereocenters. The normalized spacial score (nSPS) is 23.6. The molecule has 0 aliphatic carbocycles. The number of hydrogen-bond donors (Lipinski definition) is 0. The Kier molecular flexibility index (Phi) is 9.17. The lowest BCUT2D eigenvalue weighted by atomic mass is 9.99. The van der Waals surface area contributed by atoms with E-state index in [1.165, 1.54) is 0 Å². The zero-order chi connectivity index (χ0) is 31.9. The van der Waals surface area contributed by atoms with E-state index in [-0.39, 0.29) is 51.3 Å². The summed E-state index contributed by atoms with van der Waals surface area (Å²) in [5.41, 5.74) is 0.284. The summed E-state index contributed by atoms with van der Waals surface area (Å²) in [5.74, 6) is -0.0292. The number of nitrogens with zero attached hydrogens (tertiary/aromatic N) is 5. The Morgan fingerprint density at radius 1 is 1.13 bits per heavy atom. The second kappa shape index (κ2) is 12.8. The van der Waals surface area contributed by atoms with Gasteiger partial charge in [0.2, 0.25) is 0 Å². The van der Waals surface area contributed by atoms with E-state index >= 15 is 4.39 Å². The number of ether oxygens (including phenoxy) is 3. The number of carbonyl (C=O) groups excluding carboxylic acids is 1. The van der Waals surface area contributed by atoms with Crippen LogP contribution in [-0.4, -0.2) is 89.0 Å². The molecule has 2 aromatic carbocycles. The van der Waals surface area contributed by atoms with E-state index in [1.807, 2.05) is 56.0 Å². The molecule has 0 spiro atoms. The highest BCUT2D eigenvalue weighted by molar-refractivity contribution is 9.10. The number of piperazine rings is 1. The zero-order valence-electron chi connectivity index (χ0n) is 26.2. The molecule has 4 heterocycles. The maximum Gasteiger partial charge on any atom is 0.410 e. The van der Waals surface area contributed by atoms with Crippen LogP contribution in [0.5, 0.6) is 6.01 Å². The molecule has 3 aromatic rings. The van der Waals surface area contributed by atoms with Crippen LogP contribution in [0.3, 0.4) is 0 Å². The molecule has 2 bridgehead atoms. The largest absolute Gasteiger partial charge is 0.461 e. The molecular weight excluding hydrogens is 665 g/mol. The van der Waals surface area contributed by atoms with Gasteiger partial charge in [0.25, 0.3) is 0 Å². The van der Waals surface area contributed by atoms with Gasteiger partial charge in [0, 0.05) is 18.5 Å². The van der Waals surface area contributed by atoms with E-state index < -0.39 is 11.4 Å². The van der Waals surface area contributed by atoms with E-state index in [4.69, 9.17) is 30.8 Å². The molecule has 12 heteroatoms. The highest BCUT2D eigenvalue weighted by Gasteiger charge is 2.45. The Hall–Kier alpha value is -2.73. The number of likely N-dealkylation sites (N-methyl/N-ethyl adjacent to an activating group) is 1. The van der Waals surface area contributed by atoms with E-state index in [2.05, 4.69) is 37.8 Å². The second-order valence-corrected chi connectivity index (χ2v) is 14.6. The molecule has 3 atom stereocenters. The molecule has 6 rings (SSSR count). The lowest BCUT2D eigenvalue weighted by molar-refractivity contribution is -0.00990. The van der Waals surface area contributed by atoms with Crippen molar-refractivity contribution in [3.8, 4) is 6.01 Å². The Labute approximate surface area is 277 Å². The van der Waals surface area contributed by atoms with Gasteiger partial charge in [-0.2, -0.15) is 9.97 Å². The minimum Gasteiger partial charge on any atom is -0.461 e. The summed E-state index contributed by atoms with van der Waals surface area (Å²) >= 11 is 9.71. The molecular formula is C33H40BrClFN5O4. The number of anilines is 1. The van der Waals surface area contributed by atoms with Gasteiger partial charge < -0.3 is 19.1 Å². The summed E-state index contributed by atoms with van der Waals surface area (Å²) < 4.78 is 34.1. The number of hydrogen-bond acceptors (Lipinski definition) is 8. The van der Waals surface area contributed by atoms with E-state index in [0.29, 0.717) is 37.5 Å². The highest BCUT2D eigenvalue weighted by atomic mass is 79.9. The minimum absolute atomic E-state index is 0.0547. The van der Waals surface area contributed by atoms with Crippen molar-refractivity contribution in [2.45, 2.75) is 76.3 Å². The van der Waals surface area contributed by atoms with Gasteiger partial charge in [-0.25, -0.2) is 9.18 Å². The molecule has 45 heavy (non-hydrogen) atoms. The third kappa shape index (κ3) is 6.73. The molecule has 0 saturated carbocycles. The third-order valence-corrected chi connectivity index (χ3v) is 10.4. The lowest BCUT2D eigenvalue weighted by Crippen LogP contribution is -2.57. The van der Waals surface area contributed by atoms with Crippen molar-refractivity contribution in [2.24, 2.45) is 0 Å². The van der Waals surface area contributed by atoms with Gasteiger partial charge >= 0.3 is 12.1 Å². The first kappa shape index (κ1) is 32.2. The first-order valence-electron chi connectivity index (χ1n) is 15.5. The molecule has 1 aromatic heterocycles. The van der Waals surface area contributed by atoms with Gasteiger partial charge in [0.1, 0.15) is 23.5 Å². The third-order valence-electron chi connectivity index (χ3n) is 9.07. The number of carbonyl (C=O) groups is 1. The zero-order valence-corrected chi connectivity index (χ0v) is 28.5. The van der Waals surface area contributed by atoms with Gasteiger partial charge in [-0.15, -0.1) is 0 Å². The smallest absolute Gasteiger partial charge is 0.410 e. The molecule has 3 fully saturated rings. The summed E-state index contributed by atoms with van der Waals surface area (Å²) in [6.07, 6.45) is 3.31. The summed E-state index contributed by atoms with van der Waals surface area (Å²) in [4.78, 5) is 28.7. The van der Waals surface area contributed by atoms with Crippen molar-refractivity contribution in [3.05, 3.63) is 57.3 Å². The fraction of sp³-hybridized carbons (Fsp3) is 0.545. The van der Waals surface area contributed by atoms with E-state index in [1.54, 1.807) is 6.07 Å². The predicted molar refractivity (Wildman–Crippen MR) is 175 cm³/mol. The Balaban J connectivity index is 1.27. The van der Waals surface area contributed by atoms with E-state index in [0.717, 1.165) is 37.8 Å². The van der Waals surface area contributed by atoms with Crippen LogP contribution < -0.4 is 9.64 Å². The number of aromatic nitrogens is 2. The topological polar surface area (TPSA) is 80.3 Å². The number of amides is 1. The summed E-state index contributed by atoms with van der Waals surface area (Å²) in [7, 11) is 2.08. The predicted octanol–water partition coefficient (Wildman–Crippen LogP) is 6.83. The highest BCUT2D eigenvalue weighted by Crippen LogP contribution is 2.40. The first-order valence-corrected chi connectivity index (χ1v) is 16.7. The van der Waals surface area contributed by atoms with Crippen molar-refractivity contribution >= 4 is 50.3 Å². The van der Waals surface area contributed by atoms with Crippen LogP contribution >= 0.6 is 27.5 Å². The first-order chi connectivity index (χ1) is 21.4. The maximum atomic E-state index is 15.7. The van der Waals surface area contributed by atoms with Crippen LogP contribution in [0.25, 0.3) is 10.9 Å². The maximum absolute atomic E-state index is 15.7. The molecule has 3 aliphatic rings. The van der Waals surface area contributed by atoms with Crippen LogP contribution in [0.4, 0.5) is 15.0 Å². The van der Waals surface area contributed by atoms with Crippen LogP contribution in [0.2, 0.25) is 5.02 Å². The minimum atomic E-state index is -0.582. The number of halogens is 3. The molecule has 1 amide bonds.